The van der Waals surface area contributed by atoms with Crippen molar-refractivity contribution < 1.29 is 13.2 Å². The quantitative estimate of drug-likeness (QED) is 0.841. The number of rotatable bonds is 4. The number of hydrogen-bond acceptors (Lipinski definition) is 5. The zero-order chi connectivity index (χ0) is 17.9. The van der Waals surface area contributed by atoms with Gasteiger partial charge in [0.2, 0.25) is 0 Å². The van der Waals surface area contributed by atoms with Gasteiger partial charge < -0.3 is 0 Å². The molecule has 1 aliphatic rings. The number of hydrogen-bond donors (Lipinski definition) is 0. The van der Waals surface area contributed by atoms with Crippen LogP contribution in [0, 0.1) is 5.92 Å². The lowest BCUT2D eigenvalue weighted by atomic mass is 9.96. The molecule has 0 spiro atoms. The Kier molecular flexibility index (Phi) is 5.12. The first-order valence-corrected chi connectivity index (χ1v) is 8.03. The van der Waals surface area contributed by atoms with Gasteiger partial charge in [0.15, 0.2) is 5.69 Å². The molecule has 9 heteroatoms. The van der Waals surface area contributed by atoms with E-state index in [2.05, 4.69) is 19.9 Å². The Morgan fingerprint density at radius 3 is 2.56 bits per heavy atom. The molecule has 0 aliphatic carbocycles. The van der Waals surface area contributed by atoms with Crippen molar-refractivity contribution in [1.82, 2.24) is 24.4 Å². The van der Waals surface area contributed by atoms with Crippen LogP contribution >= 0.6 is 0 Å². The Labute approximate surface area is 142 Å². The molecule has 2 aromatic rings. The fourth-order valence-corrected chi connectivity index (χ4v) is 2.96. The van der Waals surface area contributed by atoms with Crippen molar-refractivity contribution in [2.45, 2.75) is 32.1 Å². The lowest BCUT2D eigenvalue weighted by molar-refractivity contribution is -0.141. The van der Waals surface area contributed by atoms with Gasteiger partial charge in [-0.1, -0.05) is 0 Å². The van der Waals surface area contributed by atoms with Crippen LogP contribution in [-0.2, 0) is 19.3 Å². The van der Waals surface area contributed by atoms with Crippen molar-refractivity contribution in [1.29, 1.82) is 0 Å². The number of likely N-dealkylation sites (tertiary alicyclic amines) is 1. The minimum atomic E-state index is -4.59. The maximum atomic E-state index is 12.6. The zero-order valence-corrected chi connectivity index (χ0v) is 13.5. The second kappa shape index (κ2) is 7.30. The van der Waals surface area contributed by atoms with Gasteiger partial charge in [0.1, 0.15) is 6.33 Å². The van der Waals surface area contributed by atoms with Gasteiger partial charge in [0.05, 0.1) is 12.0 Å². The summed E-state index contributed by atoms with van der Waals surface area (Å²) in [6.45, 7) is 2.86. The van der Waals surface area contributed by atoms with Crippen LogP contribution in [0.5, 0.6) is 0 Å². The van der Waals surface area contributed by atoms with E-state index < -0.39 is 17.4 Å². The predicted octanol–water partition coefficient (Wildman–Crippen LogP) is 1.96. The topological polar surface area (TPSA) is 63.9 Å². The Hall–Kier alpha value is -2.29. The van der Waals surface area contributed by atoms with Crippen LogP contribution in [0.1, 0.15) is 24.2 Å². The molecule has 0 atom stereocenters. The third kappa shape index (κ3) is 4.62. The molecule has 1 aliphatic heterocycles. The Morgan fingerprint density at radius 1 is 1.20 bits per heavy atom. The van der Waals surface area contributed by atoms with Gasteiger partial charge in [0, 0.05) is 25.4 Å². The van der Waals surface area contributed by atoms with Crippen LogP contribution in [0.25, 0.3) is 0 Å². The first kappa shape index (κ1) is 17.5. The standard InChI is InChI=1S/C16H18F3N5O/c17-16(18,19)14-7-15(25)24(11-22-14)8-12-2-5-23(6-3-12)9-13-1-4-20-10-21-13/h1,4,7,10-12H,2-3,5-6,8-9H2. The summed E-state index contributed by atoms with van der Waals surface area (Å²) >= 11 is 0. The van der Waals surface area contributed by atoms with Gasteiger partial charge in [-0.3, -0.25) is 14.3 Å². The summed E-state index contributed by atoms with van der Waals surface area (Å²) < 4.78 is 38.9. The smallest absolute Gasteiger partial charge is 0.299 e. The Bertz CT molecular complexity index is 754. The van der Waals surface area contributed by atoms with Crippen LogP contribution in [0.3, 0.4) is 0 Å². The molecule has 0 N–H and O–H groups in total. The van der Waals surface area contributed by atoms with Crippen LogP contribution in [0.2, 0.25) is 0 Å². The minimum Gasteiger partial charge on any atom is -0.299 e. The largest absolute Gasteiger partial charge is 0.433 e. The summed E-state index contributed by atoms with van der Waals surface area (Å²) in [5.74, 6) is 0.248. The average molecular weight is 353 g/mol. The third-order valence-corrected chi connectivity index (χ3v) is 4.36. The maximum Gasteiger partial charge on any atom is 0.433 e. The molecule has 2 aromatic heterocycles. The van der Waals surface area contributed by atoms with E-state index in [1.807, 2.05) is 6.07 Å². The lowest BCUT2D eigenvalue weighted by Gasteiger charge is -2.31. The molecule has 1 fully saturated rings. The van der Waals surface area contributed by atoms with Crippen molar-refractivity contribution >= 4 is 0 Å². The zero-order valence-electron chi connectivity index (χ0n) is 13.5. The van der Waals surface area contributed by atoms with Gasteiger partial charge in [-0.15, -0.1) is 0 Å². The molecule has 6 nitrogen and oxygen atoms in total. The molecular weight excluding hydrogens is 335 g/mol. The van der Waals surface area contributed by atoms with Gasteiger partial charge in [-0.2, -0.15) is 13.2 Å². The Balaban J connectivity index is 1.55. The molecule has 3 heterocycles. The van der Waals surface area contributed by atoms with Crippen LogP contribution in [0.15, 0.2) is 35.8 Å². The number of alkyl halides is 3. The maximum absolute atomic E-state index is 12.6. The summed E-state index contributed by atoms with van der Waals surface area (Å²) in [5.41, 5.74) is -0.851. The summed E-state index contributed by atoms with van der Waals surface area (Å²) in [5, 5.41) is 0. The highest BCUT2D eigenvalue weighted by Gasteiger charge is 2.33. The van der Waals surface area contributed by atoms with Crippen molar-refractivity contribution in [3.05, 3.63) is 52.7 Å². The second-order valence-electron chi connectivity index (χ2n) is 6.18. The fourth-order valence-electron chi connectivity index (χ4n) is 2.96. The van der Waals surface area contributed by atoms with Crippen LogP contribution in [0.4, 0.5) is 13.2 Å². The molecular formula is C16H18F3N5O. The number of piperidine rings is 1. The van der Waals surface area contributed by atoms with E-state index in [0.29, 0.717) is 12.6 Å². The molecule has 25 heavy (non-hydrogen) atoms. The fraction of sp³-hybridized carbons (Fsp3) is 0.500. The summed E-state index contributed by atoms with van der Waals surface area (Å²) in [6, 6.07) is 2.43. The van der Waals surface area contributed by atoms with E-state index in [0.717, 1.165) is 44.5 Å². The summed E-state index contributed by atoms with van der Waals surface area (Å²) in [7, 11) is 0. The summed E-state index contributed by atoms with van der Waals surface area (Å²) in [4.78, 5) is 25.6. The molecule has 134 valence electrons. The van der Waals surface area contributed by atoms with Gasteiger partial charge in [0.25, 0.3) is 5.56 Å². The lowest BCUT2D eigenvalue weighted by Crippen LogP contribution is -2.36. The highest BCUT2D eigenvalue weighted by molar-refractivity contribution is 5.04. The third-order valence-electron chi connectivity index (χ3n) is 4.36. The van der Waals surface area contributed by atoms with Gasteiger partial charge >= 0.3 is 6.18 Å². The van der Waals surface area contributed by atoms with Crippen molar-refractivity contribution in [3.8, 4) is 0 Å². The SMILES string of the molecule is O=c1cc(C(F)(F)F)ncn1CC1CCN(Cc2ccncn2)CC1. The molecule has 0 radical (unpaired) electrons. The molecule has 0 saturated carbocycles. The Morgan fingerprint density at radius 2 is 1.96 bits per heavy atom. The highest BCUT2D eigenvalue weighted by atomic mass is 19.4. The monoisotopic (exact) mass is 353 g/mol. The number of halogens is 3. The first-order chi connectivity index (χ1) is 11.9. The van der Waals surface area contributed by atoms with Crippen molar-refractivity contribution in [2.24, 2.45) is 5.92 Å². The molecule has 3 rings (SSSR count). The van der Waals surface area contributed by atoms with E-state index >= 15 is 0 Å². The molecule has 0 unspecified atom stereocenters. The van der Waals surface area contributed by atoms with E-state index in [9.17, 15) is 18.0 Å². The predicted molar refractivity (Wildman–Crippen MR) is 83.5 cm³/mol. The normalized spacial score (nSPS) is 16.9. The van der Waals surface area contributed by atoms with E-state index in [1.54, 1.807) is 6.20 Å². The van der Waals surface area contributed by atoms with E-state index in [-0.39, 0.29) is 5.92 Å². The average Bonchev–Trinajstić information content (AvgIpc) is 2.58. The minimum absolute atomic E-state index is 0.248. The molecule has 0 amide bonds. The molecule has 0 bridgehead atoms. The second-order valence-corrected chi connectivity index (χ2v) is 6.18. The van der Waals surface area contributed by atoms with Crippen LogP contribution < -0.4 is 5.56 Å². The van der Waals surface area contributed by atoms with Crippen molar-refractivity contribution in [3.63, 3.8) is 0 Å². The van der Waals surface area contributed by atoms with E-state index in [1.165, 1.54) is 10.9 Å². The number of aromatic nitrogens is 4. The summed E-state index contributed by atoms with van der Waals surface area (Å²) in [6.07, 6.45) is 1.38. The first-order valence-electron chi connectivity index (χ1n) is 8.03. The van der Waals surface area contributed by atoms with E-state index in [4.69, 9.17) is 0 Å². The van der Waals surface area contributed by atoms with Crippen LogP contribution in [-0.4, -0.2) is 37.5 Å². The van der Waals surface area contributed by atoms with Gasteiger partial charge in [-0.25, -0.2) is 15.0 Å². The van der Waals surface area contributed by atoms with Crippen molar-refractivity contribution in [2.75, 3.05) is 13.1 Å². The van der Waals surface area contributed by atoms with Gasteiger partial charge in [-0.05, 0) is 37.9 Å². The molecule has 0 aromatic carbocycles. The highest BCUT2D eigenvalue weighted by Crippen LogP contribution is 2.26. The molecule has 1 saturated heterocycles. The number of nitrogens with zero attached hydrogens (tertiary/aromatic N) is 5.